The lowest BCUT2D eigenvalue weighted by atomic mass is 9.94. The number of carbonyl (C=O) groups is 2. The van der Waals surface area contributed by atoms with Crippen molar-refractivity contribution in [3.8, 4) is 5.75 Å². The fourth-order valence-corrected chi connectivity index (χ4v) is 4.89. The average Bonchev–Trinajstić information content (AvgIpc) is 3.59. The normalized spacial score (nSPS) is 18.4. The number of hydrogen-bond donors (Lipinski definition) is 2. The number of carbonyl (C=O) groups excluding carboxylic acids is 2. The number of H-pyrrole nitrogens is 1. The van der Waals surface area contributed by atoms with Crippen LogP contribution in [-0.2, 0) is 16.0 Å². The van der Waals surface area contributed by atoms with Gasteiger partial charge in [-0.05, 0) is 59.7 Å². The molecule has 2 aliphatic heterocycles. The summed E-state index contributed by atoms with van der Waals surface area (Å²) in [6.07, 6.45) is 0.690. The molecule has 1 aromatic heterocycles. The molecule has 3 heterocycles. The van der Waals surface area contributed by atoms with E-state index in [1.807, 2.05) is 43.3 Å². The first kappa shape index (κ1) is 22.8. The number of aromatic amines is 1. The first-order valence-electron chi connectivity index (χ1n) is 11.8. The molecule has 1 unspecified atom stereocenters. The maximum absolute atomic E-state index is 13.8. The van der Waals surface area contributed by atoms with Gasteiger partial charge in [0, 0.05) is 31.8 Å². The second-order valence-corrected chi connectivity index (χ2v) is 9.30. The molecule has 186 valence electrons. The Bertz CT molecular complexity index is 1610. The van der Waals surface area contributed by atoms with Gasteiger partial charge in [-0.2, -0.15) is 0 Å². The molecule has 4 aromatic rings. The third kappa shape index (κ3) is 3.70. The summed E-state index contributed by atoms with van der Waals surface area (Å²) < 4.78 is 19.4. The number of ether oxygens (including phenoxy) is 1. The van der Waals surface area contributed by atoms with Crippen LogP contribution >= 0.6 is 0 Å². The zero-order valence-electron chi connectivity index (χ0n) is 20.2. The van der Waals surface area contributed by atoms with Crippen molar-refractivity contribution in [3.63, 3.8) is 0 Å². The lowest BCUT2D eigenvalue weighted by Gasteiger charge is -2.24. The molecule has 0 bridgehead atoms. The number of amides is 1. The molecule has 1 fully saturated rings. The number of nitrogens with zero attached hydrogens (tertiary/aromatic N) is 3. The number of aliphatic hydroxyl groups is 1. The molecule has 1 atom stereocenters. The lowest BCUT2D eigenvalue weighted by Crippen LogP contribution is -2.30. The summed E-state index contributed by atoms with van der Waals surface area (Å²) >= 11 is 0. The number of anilines is 2. The number of fused-ring (bicyclic) bond motifs is 2. The van der Waals surface area contributed by atoms with Gasteiger partial charge in [0.2, 0.25) is 5.95 Å². The molecule has 1 saturated heterocycles. The summed E-state index contributed by atoms with van der Waals surface area (Å²) in [7, 11) is 3.82. The van der Waals surface area contributed by atoms with Gasteiger partial charge in [0.25, 0.3) is 5.78 Å². The Kier molecular flexibility index (Phi) is 5.22. The van der Waals surface area contributed by atoms with Gasteiger partial charge in [0.05, 0.1) is 29.3 Å². The van der Waals surface area contributed by atoms with E-state index in [1.54, 1.807) is 18.2 Å². The summed E-state index contributed by atoms with van der Waals surface area (Å²) in [6.45, 7) is 0.550. The fraction of sp³-hybridized carbons (Fsp3) is 0.179. The number of halogens is 1. The molecular weight excluding hydrogens is 475 g/mol. The Morgan fingerprint density at radius 2 is 1.89 bits per heavy atom. The van der Waals surface area contributed by atoms with Crippen molar-refractivity contribution in [3.05, 3.63) is 88.7 Å². The molecule has 0 radical (unpaired) electrons. The molecule has 0 aliphatic carbocycles. The van der Waals surface area contributed by atoms with E-state index in [9.17, 15) is 19.1 Å². The molecule has 1 amide bonds. The van der Waals surface area contributed by atoms with Crippen LogP contribution in [0.2, 0.25) is 0 Å². The van der Waals surface area contributed by atoms with E-state index >= 15 is 0 Å². The fourth-order valence-electron chi connectivity index (χ4n) is 4.89. The van der Waals surface area contributed by atoms with E-state index in [0.717, 1.165) is 17.0 Å². The van der Waals surface area contributed by atoms with Crippen LogP contribution in [0.15, 0.2) is 66.2 Å². The van der Waals surface area contributed by atoms with Crippen molar-refractivity contribution in [2.24, 2.45) is 0 Å². The zero-order valence-corrected chi connectivity index (χ0v) is 20.2. The van der Waals surface area contributed by atoms with Crippen molar-refractivity contribution in [1.82, 2.24) is 9.97 Å². The van der Waals surface area contributed by atoms with Crippen LogP contribution in [-0.4, -0.2) is 47.5 Å². The summed E-state index contributed by atoms with van der Waals surface area (Å²) in [5.41, 5.74) is 3.67. The molecule has 0 saturated carbocycles. The van der Waals surface area contributed by atoms with E-state index in [4.69, 9.17) is 4.74 Å². The van der Waals surface area contributed by atoms with Crippen LogP contribution in [0, 0.1) is 5.82 Å². The minimum absolute atomic E-state index is 0.0481. The van der Waals surface area contributed by atoms with Gasteiger partial charge in [0.1, 0.15) is 17.3 Å². The minimum atomic E-state index is -0.953. The maximum Gasteiger partial charge on any atom is 0.302 e. The zero-order chi connectivity index (χ0) is 25.8. The molecule has 2 N–H and O–H groups in total. The summed E-state index contributed by atoms with van der Waals surface area (Å²) in [6, 6.07) is 15.7. The highest BCUT2D eigenvalue weighted by molar-refractivity contribution is 6.51. The first-order chi connectivity index (χ1) is 17.8. The van der Waals surface area contributed by atoms with E-state index in [2.05, 4.69) is 9.97 Å². The molecule has 8 nitrogen and oxygen atoms in total. The third-order valence-corrected chi connectivity index (χ3v) is 6.79. The van der Waals surface area contributed by atoms with E-state index in [0.29, 0.717) is 35.2 Å². The second-order valence-electron chi connectivity index (χ2n) is 9.30. The molecule has 6 rings (SSSR count). The van der Waals surface area contributed by atoms with Crippen LogP contribution in [0.4, 0.5) is 16.0 Å². The van der Waals surface area contributed by atoms with Crippen molar-refractivity contribution in [2.45, 2.75) is 12.5 Å². The Morgan fingerprint density at radius 3 is 2.65 bits per heavy atom. The number of nitrogens with one attached hydrogen (secondary N) is 1. The molecule has 0 spiro atoms. The Balaban J connectivity index is 1.54. The molecular formula is C28H23FN4O4. The predicted octanol–water partition coefficient (Wildman–Crippen LogP) is 4.33. The topological polar surface area (TPSA) is 98.8 Å². The minimum Gasteiger partial charge on any atom is -0.507 e. The standard InChI is InChI=1S/C28H23FN4O4/c1-32(2)19-7-3-15(4-8-19)24-23(25(34)17-5-10-22-16(13-17)11-12-37-22)26(35)27(36)33(24)28-30-20-9-6-18(29)14-21(20)31-28/h3-10,13-14,24,34H,11-12H2,1-2H3,(H,30,31)/b25-23+. The first-order valence-corrected chi connectivity index (χ1v) is 11.8. The predicted molar refractivity (Wildman–Crippen MR) is 137 cm³/mol. The number of imidazole rings is 1. The Morgan fingerprint density at radius 1 is 1.11 bits per heavy atom. The van der Waals surface area contributed by atoms with Crippen LogP contribution in [0.25, 0.3) is 16.8 Å². The van der Waals surface area contributed by atoms with Crippen molar-refractivity contribution in [1.29, 1.82) is 0 Å². The summed E-state index contributed by atoms with van der Waals surface area (Å²) in [5, 5.41) is 11.4. The molecule has 9 heteroatoms. The van der Waals surface area contributed by atoms with Gasteiger partial charge in [-0.25, -0.2) is 9.37 Å². The molecule has 37 heavy (non-hydrogen) atoms. The highest BCUT2D eigenvalue weighted by Gasteiger charge is 2.48. The summed E-state index contributed by atoms with van der Waals surface area (Å²) in [5.74, 6) is -1.58. The quantitative estimate of drug-likeness (QED) is 0.247. The molecule has 3 aromatic carbocycles. The highest BCUT2D eigenvalue weighted by atomic mass is 19.1. The largest absolute Gasteiger partial charge is 0.507 e. The van der Waals surface area contributed by atoms with Crippen LogP contribution < -0.4 is 14.5 Å². The smallest absolute Gasteiger partial charge is 0.302 e. The van der Waals surface area contributed by atoms with Crippen molar-refractivity contribution >= 4 is 40.1 Å². The number of Topliss-reactive ketones (excluding diaryl/α,β-unsaturated/α-hetero) is 1. The number of ketones is 1. The van der Waals surface area contributed by atoms with Crippen LogP contribution in [0.5, 0.6) is 5.75 Å². The van der Waals surface area contributed by atoms with Crippen LogP contribution in [0.3, 0.4) is 0 Å². The number of hydrogen-bond acceptors (Lipinski definition) is 6. The lowest BCUT2D eigenvalue weighted by molar-refractivity contribution is -0.132. The Labute approximate surface area is 211 Å². The number of benzene rings is 3. The maximum atomic E-state index is 13.8. The van der Waals surface area contributed by atoms with Crippen molar-refractivity contribution in [2.75, 3.05) is 30.5 Å². The Hall–Kier alpha value is -4.66. The van der Waals surface area contributed by atoms with Gasteiger partial charge in [-0.3, -0.25) is 14.5 Å². The SMILES string of the molecule is CN(C)c1ccc(C2/C(=C(\O)c3ccc4c(c3)CCO4)C(=O)C(=O)N2c2nc3ccc(F)cc3[nH]2)cc1. The van der Waals surface area contributed by atoms with E-state index in [1.165, 1.54) is 23.1 Å². The van der Waals surface area contributed by atoms with Gasteiger partial charge >= 0.3 is 5.91 Å². The van der Waals surface area contributed by atoms with Gasteiger partial charge in [0.15, 0.2) is 0 Å². The van der Waals surface area contributed by atoms with E-state index in [-0.39, 0.29) is 17.3 Å². The van der Waals surface area contributed by atoms with E-state index < -0.39 is 23.5 Å². The number of rotatable bonds is 4. The average molecular weight is 499 g/mol. The monoisotopic (exact) mass is 498 g/mol. The number of aliphatic hydroxyl groups excluding tert-OH is 1. The third-order valence-electron chi connectivity index (χ3n) is 6.79. The second kappa shape index (κ2) is 8.48. The summed E-state index contributed by atoms with van der Waals surface area (Å²) in [4.78, 5) is 37.4. The van der Waals surface area contributed by atoms with Gasteiger partial charge in [-0.1, -0.05) is 12.1 Å². The molecule has 2 aliphatic rings. The van der Waals surface area contributed by atoms with Crippen LogP contribution in [0.1, 0.15) is 22.7 Å². The number of aromatic nitrogens is 2. The van der Waals surface area contributed by atoms with Gasteiger partial charge < -0.3 is 19.7 Å². The highest BCUT2D eigenvalue weighted by Crippen LogP contribution is 2.42. The van der Waals surface area contributed by atoms with Crippen molar-refractivity contribution < 1.29 is 23.8 Å². The van der Waals surface area contributed by atoms with Gasteiger partial charge in [-0.15, -0.1) is 0 Å².